The van der Waals surface area contributed by atoms with Crippen molar-refractivity contribution in [2.75, 3.05) is 27.3 Å². The maximum absolute atomic E-state index is 13.2. The molecule has 0 aliphatic carbocycles. The summed E-state index contributed by atoms with van der Waals surface area (Å²) in [6, 6.07) is 11.5. The van der Waals surface area contributed by atoms with Crippen molar-refractivity contribution in [2.24, 2.45) is 0 Å². The molecule has 0 bridgehead atoms. The molecule has 5 rings (SSSR count). The van der Waals surface area contributed by atoms with E-state index in [1.165, 1.54) is 11.3 Å². The van der Waals surface area contributed by atoms with E-state index in [0.717, 1.165) is 41.4 Å². The van der Waals surface area contributed by atoms with Crippen LogP contribution in [0.5, 0.6) is 11.5 Å². The zero-order valence-corrected chi connectivity index (χ0v) is 18.7. The number of pyridine rings is 1. The lowest BCUT2D eigenvalue weighted by Gasteiger charge is -2.31. The largest absolute Gasteiger partial charge is 0.493 e. The smallest absolute Gasteiger partial charge is 0.273 e. The second-order valence-electron chi connectivity index (χ2n) is 7.69. The molecule has 1 atom stereocenters. The quantitative estimate of drug-likeness (QED) is 0.460. The number of ether oxygens (including phenoxy) is 2. The van der Waals surface area contributed by atoms with Crippen LogP contribution in [0.1, 0.15) is 35.1 Å². The summed E-state index contributed by atoms with van der Waals surface area (Å²) in [4.78, 5) is 19.7. The van der Waals surface area contributed by atoms with Gasteiger partial charge in [-0.05, 0) is 43.2 Å². The number of aromatic nitrogens is 4. The predicted octanol–water partition coefficient (Wildman–Crippen LogP) is 3.89. The van der Waals surface area contributed by atoms with Crippen LogP contribution in [0.15, 0.2) is 48.0 Å². The van der Waals surface area contributed by atoms with E-state index >= 15 is 0 Å². The molecule has 0 saturated carbocycles. The van der Waals surface area contributed by atoms with Crippen LogP contribution in [0, 0.1) is 0 Å². The summed E-state index contributed by atoms with van der Waals surface area (Å²) in [5.41, 5.74) is 2.18. The summed E-state index contributed by atoms with van der Waals surface area (Å²) in [5.74, 6) is 2.29. The number of hydrogen-bond donors (Lipinski definition) is 0. The van der Waals surface area contributed by atoms with Crippen LogP contribution in [0.4, 0.5) is 0 Å². The van der Waals surface area contributed by atoms with Crippen molar-refractivity contribution in [1.82, 2.24) is 24.5 Å². The summed E-state index contributed by atoms with van der Waals surface area (Å²) in [6.45, 7) is 1.33. The first-order chi connectivity index (χ1) is 15.7. The van der Waals surface area contributed by atoms with Gasteiger partial charge in [-0.1, -0.05) is 6.07 Å². The monoisotopic (exact) mass is 449 g/mol. The molecule has 1 fully saturated rings. The highest BCUT2D eigenvalue weighted by molar-refractivity contribution is 7.13. The van der Waals surface area contributed by atoms with Gasteiger partial charge >= 0.3 is 0 Å². The summed E-state index contributed by atoms with van der Waals surface area (Å²) >= 11 is 1.45. The number of amides is 1. The van der Waals surface area contributed by atoms with Crippen LogP contribution in [-0.4, -0.2) is 57.7 Å². The van der Waals surface area contributed by atoms with Gasteiger partial charge in [0.2, 0.25) is 0 Å². The molecule has 0 spiro atoms. The van der Waals surface area contributed by atoms with E-state index in [1.54, 1.807) is 14.2 Å². The molecule has 9 heteroatoms. The van der Waals surface area contributed by atoms with Gasteiger partial charge in [-0.25, -0.2) is 4.98 Å². The van der Waals surface area contributed by atoms with Gasteiger partial charge in [-0.2, -0.15) is 0 Å². The fraction of sp³-hybridized carbons (Fsp3) is 0.304. The Labute approximate surface area is 189 Å². The number of piperidine rings is 1. The van der Waals surface area contributed by atoms with Crippen LogP contribution < -0.4 is 9.47 Å². The molecule has 1 amide bonds. The Morgan fingerprint density at radius 3 is 2.84 bits per heavy atom. The van der Waals surface area contributed by atoms with Crippen molar-refractivity contribution in [2.45, 2.75) is 18.8 Å². The molecule has 1 aromatic carbocycles. The first-order valence-electron chi connectivity index (χ1n) is 10.4. The average Bonchev–Trinajstić information content (AvgIpc) is 3.51. The van der Waals surface area contributed by atoms with Crippen LogP contribution in [0.2, 0.25) is 0 Å². The zero-order valence-electron chi connectivity index (χ0n) is 17.9. The number of thiazole rings is 1. The molecule has 8 nitrogen and oxygen atoms in total. The average molecular weight is 450 g/mol. The van der Waals surface area contributed by atoms with Crippen LogP contribution in [0.3, 0.4) is 0 Å². The van der Waals surface area contributed by atoms with Gasteiger partial charge in [0.25, 0.3) is 5.91 Å². The van der Waals surface area contributed by atoms with E-state index in [0.29, 0.717) is 23.7 Å². The first-order valence-corrected chi connectivity index (χ1v) is 11.3. The normalized spacial score (nSPS) is 16.3. The van der Waals surface area contributed by atoms with E-state index in [9.17, 15) is 4.79 Å². The van der Waals surface area contributed by atoms with Gasteiger partial charge in [0.15, 0.2) is 17.1 Å². The Morgan fingerprint density at radius 2 is 2.00 bits per heavy atom. The summed E-state index contributed by atoms with van der Waals surface area (Å²) in [5, 5.41) is 11.3. The molecular weight excluding hydrogens is 426 g/mol. The second kappa shape index (κ2) is 8.58. The van der Waals surface area contributed by atoms with Crippen LogP contribution >= 0.6 is 11.3 Å². The molecule has 1 saturated heterocycles. The minimum absolute atomic E-state index is 0.0495. The van der Waals surface area contributed by atoms with Gasteiger partial charge in [0, 0.05) is 36.1 Å². The lowest BCUT2D eigenvalue weighted by atomic mass is 9.97. The highest BCUT2D eigenvalue weighted by atomic mass is 32.1. The SMILES string of the molecule is COc1ccc(-c2nc(C(=O)N3CCC[C@@H](c4nnc5ccccn45)C3)cs2)cc1OC. The minimum Gasteiger partial charge on any atom is -0.493 e. The zero-order chi connectivity index (χ0) is 22.1. The van der Waals surface area contributed by atoms with E-state index in [1.807, 2.05) is 57.3 Å². The van der Waals surface area contributed by atoms with Gasteiger partial charge in [0.1, 0.15) is 16.5 Å². The Hall–Kier alpha value is -3.46. The number of methoxy groups -OCH3 is 2. The third-order valence-electron chi connectivity index (χ3n) is 5.77. The van der Waals surface area contributed by atoms with Crippen molar-refractivity contribution in [1.29, 1.82) is 0 Å². The molecule has 4 aromatic rings. The number of carbonyl (C=O) groups is 1. The second-order valence-corrected chi connectivity index (χ2v) is 8.54. The maximum atomic E-state index is 13.2. The van der Waals surface area contributed by atoms with Crippen molar-refractivity contribution in [3.8, 4) is 22.1 Å². The Bertz CT molecular complexity index is 1270. The molecule has 1 aliphatic rings. The van der Waals surface area contributed by atoms with E-state index in [2.05, 4.69) is 15.2 Å². The highest BCUT2D eigenvalue weighted by Gasteiger charge is 2.29. The number of rotatable bonds is 5. The number of fused-ring (bicyclic) bond motifs is 1. The minimum atomic E-state index is -0.0495. The molecule has 0 radical (unpaired) electrons. The van der Waals surface area contributed by atoms with Gasteiger partial charge in [-0.3, -0.25) is 9.20 Å². The molecule has 1 aliphatic heterocycles. The third kappa shape index (κ3) is 3.69. The van der Waals surface area contributed by atoms with E-state index < -0.39 is 0 Å². The third-order valence-corrected chi connectivity index (χ3v) is 6.66. The lowest BCUT2D eigenvalue weighted by Crippen LogP contribution is -2.39. The lowest BCUT2D eigenvalue weighted by molar-refractivity contribution is 0.0699. The predicted molar refractivity (Wildman–Crippen MR) is 122 cm³/mol. The Kier molecular flexibility index (Phi) is 5.48. The molecule has 0 N–H and O–H groups in total. The Morgan fingerprint density at radius 1 is 1.12 bits per heavy atom. The summed E-state index contributed by atoms with van der Waals surface area (Å²) in [6.07, 6.45) is 3.87. The van der Waals surface area contributed by atoms with Gasteiger partial charge in [-0.15, -0.1) is 21.5 Å². The number of likely N-dealkylation sites (tertiary alicyclic amines) is 1. The summed E-state index contributed by atoms with van der Waals surface area (Å²) in [7, 11) is 3.20. The summed E-state index contributed by atoms with van der Waals surface area (Å²) < 4.78 is 12.7. The number of carbonyl (C=O) groups excluding carboxylic acids is 1. The van der Waals surface area contributed by atoms with Gasteiger partial charge < -0.3 is 14.4 Å². The van der Waals surface area contributed by atoms with Crippen LogP contribution in [-0.2, 0) is 0 Å². The molecule has 4 heterocycles. The maximum Gasteiger partial charge on any atom is 0.273 e. The topological polar surface area (TPSA) is 81.9 Å². The van der Waals surface area contributed by atoms with E-state index in [-0.39, 0.29) is 11.8 Å². The highest BCUT2D eigenvalue weighted by Crippen LogP contribution is 2.34. The molecule has 164 valence electrons. The van der Waals surface area contributed by atoms with Crippen molar-refractivity contribution in [3.05, 3.63) is 59.5 Å². The molecular formula is C23H23N5O3S. The number of benzene rings is 1. The molecule has 3 aromatic heterocycles. The van der Waals surface area contributed by atoms with Crippen LogP contribution in [0.25, 0.3) is 16.2 Å². The molecule has 32 heavy (non-hydrogen) atoms. The first kappa shape index (κ1) is 20.4. The fourth-order valence-corrected chi connectivity index (χ4v) is 4.94. The molecule has 0 unspecified atom stereocenters. The van der Waals surface area contributed by atoms with Crippen molar-refractivity contribution < 1.29 is 14.3 Å². The number of hydrogen-bond acceptors (Lipinski definition) is 7. The standard InChI is InChI=1S/C23H23N5O3S/c1-30-18-9-8-15(12-19(18)31-2)22-24-17(14-32-22)23(29)27-10-5-6-16(13-27)21-26-25-20-7-3-4-11-28(20)21/h3-4,7-9,11-12,14,16H,5-6,10,13H2,1-2H3/t16-/m1/s1. The Balaban J connectivity index is 1.35. The van der Waals surface area contributed by atoms with Crippen molar-refractivity contribution >= 4 is 22.9 Å². The fourth-order valence-electron chi connectivity index (χ4n) is 4.15. The van der Waals surface area contributed by atoms with E-state index in [4.69, 9.17) is 9.47 Å². The van der Waals surface area contributed by atoms with Crippen molar-refractivity contribution in [3.63, 3.8) is 0 Å². The van der Waals surface area contributed by atoms with Gasteiger partial charge in [0.05, 0.1) is 14.2 Å². The number of nitrogens with zero attached hydrogens (tertiary/aromatic N) is 5.